The van der Waals surface area contributed by atoms with Crippen LogP contribution < -0.4 is 20.5 Å². The van der Waals surface area contributed by atoms with Gasteiger partial charge in [0.1, 0.15) is 11.4 Å². The minimum atomic E-state index is -3.85. The fourth-order valence-electron chi connectivity index (χ4n) is 2.81. The molecule has 0 saturated heterocycles. The summed E-state index contributed by atoms with van der Waals surface area (Å²) in [5.74, 6) is -0.556. The van der Waals surface area contributed by atoms with Crippen LogP contribution in [0.15, 0.2) is 89.5 Å². The zero-order chi connectivity index (χ0) is 23.1. The molecule has 9 heteroatoms. The average Bonchev–Trinajstić information content (AvgIpc) is 2.79. The lowest BCUT2D eigenvalue weighted by molar-refractivity contribution is -0.113. The number of hydrogen-bond donors (Lipinski definition) is 3. The molecule has 164 valence electrons. The van der Waals surface area contributed by atoms with Gasteiger partial charge in [0.15, 0.2) is 0 Å². The smallest absolute Gasteiger partial charge is 0.272 e. The van der Waals surface area contributed by atoms with Gasteiger partial charge in [0.2, 0.25) is 10.0 Å². The minimum absolute atomic E-state index is 0.0288. The molecule has 3 rings (SSSR count). The number of ether oxygens (including phenoxy) is 1. The van der Waals surface area contributed by atoms with E-state index in [-0.39, 0.29) is 10.6 Å². The molecule has 0 radical (unpaired) electrons. The predicted molar refractivity (Wildman–Crippen MR) is 121 cm³/mol. The van der Waals surface area contributed by atoms with Gasteiger partial charge in [-0.15, -0.1) is 0 Å². The van der Waals surface area contributed by atoms with Crippen LogP contribution in [0.3, 0.4) is 0 Å². The Labute approximate surface area is 185 Å². The van der Waals surface area contributed by atoms with E-state index in [0.717, 1.165) is 0 Å². The first-order valence-corrected chi connectivity index (χ1v) is 11.0. The van der Waals surface area contributed by atoms with Crippen LogP contribution in [-0.2, 0) is 14.8 Å². The highest BCUT2D eigenvalue weighted by Crippen LogP contribution is 2.21. The zero-order valence-electron chi connectivity index (χ0n) is 17.1. The lowest BCUT2D eigenvalue weighted by Gasteiger charge is -2.12. The van der Waals surface area contributed by atoms with E-state index >= 15 is 0 Å². The van der Waals surface area contributed by atoms with Crippen molar-refractivity contribution < 1.29 is 22.7 Å². The van der Waals surface area contributed by atoms with Crippen LogP contribution in [0, 0.1) is 0 Å². The van der Waals surface area contributed by atoms with E-state index < -0.39 is 21.8 Å². The third-order valence-corrected chi connectivity index (χ3v) is 5.34. The number of para-hydroxylation sites is 1. The molecule has 3 aromatic carbocycles. The maximum absolute atomic E-state index is 13.0. The van der Waals surface area contributed by atoms with Crippen molar-refractivity contribution in [2.45, 2.75) is 4.90 Å². The molecule has 32 heavy (non-hydrogen) atoms. The summed E-state index contributed by atoms with van der Waals surface area (Å²) in [5.41, 5.74) is 1.25. The first kappa shape index (κ1) is 22.7. The van der Waals surface area contributed by atoms with E-state index in [1.807, 2.05) is 0 Å². The Morgan fingerprint density at radius 2 is 1.53 bits per heavy atom. The maximum atomic E-state index is 13.0. The van der Waals surface area contributed by atoms with Gasteiger partial charge in [-0.05, 0) is 48.5 Å². The number of nitrogens with two attached hydrogens (primary N) is 1. The van der Waals surface area contributed by atoms with E-state index in [4.69, 9.17) is 9.88 Å². The molecule has 8 nitrogen and oxygen atoms in total. The lowest BCUT2D eigenvalue weighted by Crippen LogP contribution is -2.30. The van der Waals surface area contributed by atoms with Crippen LogP contribution in [0.2, 0.25) is 0 Å². The predicted octanol–water partition coefficient (Wildman–Crippen LogP) is 2.75. The Morgan fingerprint density at radius 3 is 2.16 bits per heavy atom. The van der Waals surface area contributed by atoms with Gasteiger partial charge in [-0.2, -0.15) is 0 Å². The number of carbonyl (C=O) groups is 2. The Morgan fingerprint density at radius 1 is 0.906 bits per heavy atom. The molecule has 0 aliphatic heterocycles. The van der Waals surface area contributed by atoms with Crippen LogP contribution in [0.25, 0.3) is 6.08 Å². The SMILES string of the molecule is COc1ccccc1/C=C(/NC(=O)c1ccccc1)C(=O)Nc1ccc(S(N)(=O)=O)cc1. The summed E-state index contributed by atoms with van der Waals surface area (Å²) in [6.45, 7) is 0. The highest BCUT2D eigenvalue weighted by molar-refractivity contribution is 7.89. The molecule has 2 amide bonds. The van der Waals surface area contributed by atoms with Gasteiger partial charge in [-0.25, -0.2) is 13.6 Å². The fourth-order valence-corrected chi connectivity index (χ4v) is 3.33. The number of sulfonamides is 1. The van der Waals surface area contributed by atoms with Crippen LogP contribution in [0.4, 0.5) is 5.69 Å². The van der Waals surface area contributed by atoms with Crippen molar-refractivity contribution in [1.82, 2.24) is 5.32 Å². The summed E-state index contributed by atoms with van der Waals surface area (Å²) in [6.07, 6.45) is 1.49. The molecular weight excluding hydrogens is 430 g/mol. The molecule has 0 bridgehead atoms. The second kappa shape index (κ2) is 9.90. The van der Waals surface area contributed by atoms with Crippen molar-refractivity contribution in [1.29, 1.82) is 0 Å². The fraction of sp³-hybridized carbons (Fsp3) is 0.0435. The van der Waals surface area contributed by atoms with Crippen LogP contribution in [0.1, 0.15) is 15.9 Å². The van der Waals surface area contributed by atoms with Crippen molar-refractivity contribution in [3.63, 3.8) is 0 Å². The number of rotatable bonds is 7. The normalized spacial score (nSPS) is 11.5. The summed E-state index contributed by atoms with van der Waals surface area (Å²) in [7, 11) is -2.35. The van der Waals surface area contributed by atoms with Crippen molar-refractivity contribution >= 4 is 33.6 Å². The van der Waals surface area contributed by atoms with Gasteiger partial charge in [0.25, 0.3) is 11.8 Å². The molecule has 0 aromatic heterocycles. The lowest BCUT2D eigenvalue weighted by atomic mass is 10.1. The van der Waals surface area contributed by atoms with E-state index in [2.05, 4.69) is 10.6 Å². The van der Waals surface area contributed by atoms with E-state index in [1.165, 1.54) is 37.5 Å². The molecule has 0 heterocycles. The number of carbonyl (C=O) groups excluding carboxylic acids is 2. The number of primary sulfonamides is 1. The van der Waals surface area contributed by atoms with Crippen LogP contribution in [0.5, 0.6) is 5.75 Å². The average molecular weight is 452 g/mol. The Hall–Kier alpha value is -3.95. The third kappa shape index (κ3) is 5.81. The third-order valence-electron chi connectivity index (χ3n) is 4.41. The van der Waals surface area contributed by atoms with Crippen LogP contribution in [-0.4, -0.2) is 27.3 Å². The number of methoxy groups -OCH3 is 1. The number of anilines is 1. The molecule has 0 fully saturated rings. The molecular formula is C23H21N3O5S. The molecule has 0 saturated carbocycles. The number of hydrogen-bond acceptors (Lipinski definition) is 5. The monoisotopic (exact) mass is 451 g/mol. The summed E-state index contributed by atoms with van der Waals surface area (Å²) in [5, 5.41) is 10.4. The summed E-state index contributed by atoms with van der Waals surface area (Å²) in [6, 6.07) is 20.8. The largest absolute Gasteiger partial charge is 0.496 e. The van der Waals surface area contributed by atoms with Crippen molar-refractivity contribution in [3.8, 4) is 5.75 Å². The number of nitrogens with one attached hydrogen (secondary N) is 2. The first-order chi connectivity index (χ1) is 15.3. The molecule has 0 aliphatic rings. The molecule has 0 spiro atoms. The van der Waals surface area contributed by atoms with Gasteiger partial charge in [-0.3, -0.25) is 9.59 Å². The zero-order valence-corrected chi connectivity index (χ0v) is 17.9. The molecule has 0 atom stereocenters. The summed E-state index contributed by atoms with van der Waals surface area (Å²) < 4.78 is 28.2. The summed E-state index contributed by atoms with van der Waals surface area (Å²) in [4.78, 5) is 25.6. The van der Waals surface area contributed by atoms with Crippen molar-refractivity contribution in [2.24, 2.45) is 5.14 Å². The Bertz CT molecular complexity index is 1250. The molecule has 0 unspecified atom stereocenters. The van der Waals surface area contributed by atoms with Gasteiger partial charge >= 0.3 is 0 Å². The van der Waals surface area contributed by atoms with Crippen molar-refractivity contribution in [3.05, 3.63) is 95.7 Å². The topological polar surface area (TPSA) is 128 Å². The maximum Gasteiger partial charge on any atom is 0.272 e. The van der Waals surface area contributed by atoms with Gasteiger partial charge in [0.05, 0.1) is 12.0 Å². The van der Waals surface area contributed by atoms with E-state index in [9.17, 15) is 18.0 Å². The van der Waals surface area contributed by atoms with Gasteiger partial charge < -0.3 is 15.4 Å². The van der Waals surface area contributed by atoms with Crippen molar-refractivity contribution in [2.75, 3.05) is 12.4 Å². The van der Waals surface area contributed by atoms with Crippen LogP contribution >= 0.6 is 0 Å². The van der Waals surface area contributed by atoms with E-state index in [1.54, 1.807) is 54.6 Å². The van der Waals surface area contributed by atoms with E-state index in [0.29, 0.717) is 22.6 Å². The minimum Gasteiger partial charge on any atom is -0.496 e. The summed E-state index contributed by atoms with van der Waals surface area (Å²) >= 11 is 0. The standard InChI is InChI=1S/C23H21N3O5S/c1-31-21-10-6-5-9-17(21)15-20(26-22(27)16-7-3-2-4-8-16)23(28)25-18-11-13-19(14-12-18)32(24,29)30/h2-15H,1H3,(H,25,28)(H,26,27)(H2,24,29,30)/b20-15+. The quantitative estimate of drug-likeness (QED) is 0.476. The Kier molecular flexibility index (Phi) is 7.04. The Balaban J connectivity index is 1.91. The first-order valence-electron chi connectivity index (χ1n) is 9.43. The molecule has 0 aliphatic carbocycles. The van der Waals surface area contributed by atoms with Gasteiger partial charge in [-0.1, -0.05) is 36.4 Å². The molecule has 3 aromatic rings. The molecule has 4 N–H and O–H groups in total. The second-order valence-corrected chi connectivity index (χ2v) is 8.21. The second-order valence-electron chi connectivity index (χ2n) is 6.64. The van der Waals surface area contributed by atoms with Gasteiger partial charge in [0, 0.05) is 16.8 Å². The number of amides is 2. The highest BCUT2D eigenvalue weighted by Gasteiger charge is 2.16. The number of benzene rings is 3. The highest BCUT2D eigenvalue weighted by atomic mass is 32.2.